The molecule has 0 aliphatic carbocycles. The van der Waals surface area contributed by atoms with Crippen molar-refractivity contribution in [1.29, 1.82) is 0 Å². The number of benzene rings is 2. The minimum absolute atomic E-state index is 0.00779. The molecule has 1 amide bonds. The van der Waals surface area contributed by atoms with Crippen LogP contribution in [0.2, 0.25) is 0 Å². The first-order chi connectivity index (χ1) is 16.2. The number of fused-ring (bicyclic) bond motifs is 1. The lowest BCUT2D eigenvalue weighted by Crippen LogP contribution is -2.39. The van der Waals surface area contributed by atoms with Gasteiger partial charge in [0, 0.05) is 30.4 Å². The van der Waals surface area contributed by atoms with E-state index in [1.807, 2.05) is 51.1 Å². The number of nitrogens with zero attached hydrogens (tertiary/aromatic N) is 2. The molecule has 1 aliphatic rings. The van der Waals surface area contributed by atoms with E-state index >= 15 is 0 Å². The van der Waals surface area contributed by atoms with Gasteiger partial charge in [-0.25, -0.2) is 4.79 Å². The Kier molecular flexibility index (Phi) is 6.68. The van der Waals surface area contributed by atoms with Crippen LogP contribution in [0, 0.1) is 0 Å². The summed E-state index contributed by atoms with van der Waals surface area (Å²) in [5.74, 6) is 0.669. The quantitative estimate of drug-likeness (QED) is 0.451. The standard InChI is InChI=1S/C28H30N2O4/c1-19(31)21-10-11-26(33-18-24-7-5-6-13-29-24)25(16-21)22-9-8-20-12-14-30(17-23(20)15-22)27(32)34-28(2,3)4/h5-11,13,15-16H,12,14,17-18H2,1-4H3. The number of hydrogen-bond donors (Lipinski definition) is 0. The average molecular weight is 459 g/mol. The van der Waals surface area contributed by atoms with Crippen molar-refractivity contribution in [1.82, 2.24) is 9.88 Å². The van der Waals surface area contributed by atoms with Crippen LogP contribution in [0.4, 0.5) is 4.79 Å². The van der Waals surface area contributed by atoms with E-state index in [1.165, 1.54) is 5.56 Å². The van der Waals surface area contributed by atoms with Crippen LogP contribution in [0.15, 0.2) is 60.8 Å². The van der Waals surface area contributed by atoms with Crippen LogP contribution in [0.25, 0.3) is 11.1 Å². The maximum atomic E-state index is 12.6. The number of carbonyl (C=O) groups is 2. The molecule has 6 nitrogen and oxygen atoms in total. The fraction of sp³-hybridized carbons (Fsp3) is 0.321. The summed E-state index contributed by atoms with van der Waals surface area (Å²) >= 11 is 0. The lowest BCUT2D eigenvalue weighted by molar-refractivity contribution is 0.0224. The van der Waals surface area contributed by atoms with E-state index in [1.54, 1.807) is 24.1 Å². The zero-order valence-corrected chi connectivity index (χ0v) is 20.1. The van der Waals surface area contributed by atoms with Crippen molar-refractivity contribution in [2.45, 2.75) is 52.9 Å². The number of carbonyl (C=O) groups excluding carboxylic acids is 2. The first kappa shape index (κ1) is 23.5. The number of ether oxygens (including phenoxy) is 2. The van der Waals surface area contributed by atoms with Crippen molar-refractivity contribution in [3.8, 4) is 16.9 Å². The van der Waals surface area contributed by atoms with E-state index in [4.69, 9.17) is 9.47 Å². The average Bonchev–Trinajstić information content (AvgIpc) is 2.81. The van der Waals surface area contributed by atoms with E-state index in [-0.39, 0.29) is 11.9 Å². The predicted octanol–water partition coefficient (Wildman–Crippen LogP) is 5.82. The van der Waals surface area contributed by atoms with E-state index < -0.39 is 5.60 Å². The Morgan fingerprint density at radius 3 is 2.56 bits per heavy atom. The van der Waals surface area contributed by atoms with Crippen molar-refractivity contribution in [2.24, 2.45) is 0 Å². The minimum Gasteiger partial charge on any atom is -0.487 e. The molecule has 2 aromatic carbocycles. The van der Waals surface area contributed by atoms with Crippen molar-refractivity contribution < 1.29 is 19.1 Å². The second kappa shape index (κ2) is 9.67. The Morgan fingerprint density at radius 2 is 1.85 bits per heavy atom. The fourth-order valence-electron chi connectivity index (χ4n) is 3.94. The van der Waals surface area contributed by atoms with Gasteiger partial charge in [0.25, 0.3) is 0 Å². The first-order valence-electron chi connectivity index (χ1n) is 11.5. The van der Waals surface area contributed by atoms with Crippen LogP contribution in [-0.4, -0.2) is 33.9 Å². The topological polar surface area (TPSA) is 68.7 Å². The SMILES string of the molecule is CC(=O)c1ccc(OCc2ccccn2)c(-c2ccc3c(c2)CN(C(=O)OC(C)(C)C)CC3)c1. The van der Waals surface area contributed by atoms with Crippen LogP contribution in [0.5, 0.6) is 5.75 Å². The molecule has 0 saturated carbocycles. The van der Waals surface area contributed by atoms with Gasteiger partial charge in [-0.2, -0.15) is 0 Å². The molecule has 176 valence electrons. The number of hydrogen-bond acceptors (Lipinski definition) is 5. The Hall–Kier alpha value is -3.67. The summed E-state index contributed by atoms with van der Waals surface area (Å²) < 4.78 is 11.7. The van der Waals surface area contributed by atoms with Crippen molar-refractivity contribution in [3.05, 3.63) is 83.2 Å². The molecule has 0 bridgehead atoms. The van der Waals surface area contributed by atoms with Crippen LogP contribution in [0.3, 0.4) is 0 Å². The maximum absolute atomic E-state index is 12.6. The monoisotopic (exact) mass is 458 g/mol. The molecule has 2 heterocycles. The van der Waals surface area contributed by atoms with E-state index in [0.717, 1.165) is 28.8 Å². The first-order valence-corrected chi connectivity index (χ1v) is 11.5. The highest BCUT2D eigenvalue weighted by Gasteiger charge is 2.26. The number of pyridine rings is 1. The molecular formula is C28H30N2O4. The fourth-order valence-corrected chi connectivity index (χ4v) is 3.94. The number of aromatic nitrogens is 1. The van der Waals surface area contributed by atoms with E-state index in [9.17, 15) is 9.59 Å². The highest BCUT2D eigenvalue weighted by Crippen LogP contribution is 2.34. The van der Waals surface area contributed by atoms with Crippen molar-refractivity contribution >= 4 is 11.9 Å². The molecule has 0 N–H and O–H groups in total. The zero-order valence-electron chi connectivity index (χ0n) is 20.1. The Morgan fingerprint density at radius 1 is 1.03 bits per heavy atom. The molecule has 34 heavy (non-hydrogen) atoms. The lowest BCUT2D eigenvalue weighted by Gasteiger charge is -2.31. The zero-order chi connectivity index (χ0) is 24.3. The predicted molar refractivity (Wildman–Crippen MR) is 131 cm³/mol. The third-order valence-corrected chi connectivity index (χ3v) is 5.67. The third kappa shape index (κ3) is 5.63. The van der Waals surface area contributed by atoms with Gasteiger partial charge in [0.15, 0.2) is 5.78 Å². The number of rotatable bonds is 5. The minimum atomic E-state index is -0.536. The maximum Gasteiger partial charge on any atom is 0.410 e. The van der Waals surface area contributed by atoms with Gasteiger partial charge in [0.2, 0.25) is 0 Å². The molecule has 3 aromatic rings. The molecule has 0 saturated heterocycles. The molecule has 0 fully saturated rings. The summed E-state index contributed by atoms with van der Waals surface area (Å²) in [4.78, 5) is 30.7. The van der Waals surface area contributed by atoms with Gasteiger partial charge in [0.1, 0.15) is 18.0 Å². The van der Waals surface area contributed by atoms with Gasteiger partial charge < -0.3 is 14.4 Å². The summed E-state index contributed by atoms with van der Waals surface area (Å²) in [7, 11) is 0. The second-order valence-electron chi connectivity index (χ2n) is 9.51. The molecule has 0 atom stereocenters. The second-order valence-corrected chi connectivity index (χ2v) is 9.51. The van der Waals surface area contributed by atoms with E-state index in [0.29, 0.717) is 31.0 Å². The molecular weight excluding hydrogens is 428 g/mol. The van der Waals surface area contributed by atoms with Gasteiger partial charge >= 0.3 is 6.09 Å². The number of amides is 1. The highest BCUT2D eigenvalue weighted by atomic mass is 16.6. The molecule has 1 aliphatic heterocycles. The van der Waals surface area contributed by atoms with Gasteiger partial charge in [-0.05, 0) is 87.2 Å². The van der Waals surface area contributed by atoms with Crippen molar-refractivity contribution in [3.63, 3.8) is 0 Å². The summed E-state index contributed by atoms with van der Waals surface area (Å²) in [5.41, 5.74) is 4.95. The summed E-state index contributed by atoms with van der Waals surface area (Å²) in [6, 6.07) is 17.4. The Bertz CT molecular complexity index is 1200. The summed E-state index contributed by atoms with van der Waals surface area (Å²) in [5, 5.41) is 0. The smallest absolute Gasteiger partial charge is 0.410 e. The third-order valence-electron chi connectivity index (χ3n) is 5.67. The van der Waals surface area contributed by atoms with Crippen LogP contribution < -0.4 is 4.74 Å². The number of ketones is 1. The molecule has 1 aromatic heterocycles. The molecule has 6 heteroatoms. The molecule has 0 unspecified atom stereocenters. The van der Waals surface area contributed by atoms with E-state index in [2.05, 4.69) is 23.2 Å². The van der Waals surface area contributed by atoms with Crippen LogP contribution >= 0.6 is 0 Å². The van der Waals surface area contributed by atoms with Gasteiger partial charge in [-0.15, -0.1) is 0 Å². The van der Waals surface area contributed by atoms with Crippen LogP contribution in [0.1, 0.15) is 54.9 Å². The lowest BCUT2D eigenvalue weighted by atomic mass is 9.93. The molecule has 0 spiro atoms. The molecule has 0 radical (unpaired) electrons. The number of Topliss-reactive ketones (excluding diaryl/α,β-unsaturated/α-hetero) is 1. The molecule has 4 rings (SSSR count). The van der Waals surface area contributed by atoms with Gasteiger partial charge in [-0.3, -0.25) is 9.78 Å². The summed E-state index contributed by atoms with van der Waals surface area (Å²) in [6.45, 7) is 8.60. The largest absolute Gasteiger partial charge is 0.487 e. The van der Waals surface area contributed by atoms with Crippen molar-refractivity contribution in [2.75, 3.05) is 6.54 Å². The normalized spacial score (nSPS) is 13.2. The summed E-state index contributed by atoms with van der Waals surface area (Å²) in [6.07, 6.45) is 2.20. The van der Waals surface area contributed by atoms with Crippen LogP contribution in [-0.2, 0) is 24.3 Å². The Balaban J connectivity index is 1.63. The van der Waals surface area contributed by atoms with Gasteiger partial charge in [-0.1, -0.05) is 18.2 Å². The highest BCUT2D eigenvalue weighted by molar-refractivity contribution is 5.96. The Labute approximate surface area is 200 Å². The van der Waals surface area contributed by atoms with Gasteiger partial charge in [0.05, 0.1) is 5.69 Å².